The lowest BCUT2D eigenvalue weighted by molar-refractivity contribution is -0.384. The summed E-state index contributed by atoms with van der Waals surface area (Å²) in [5, 5.41) is 14.4. The van der Waals surface area contributed by atoms with Crippen molar-refractivity contribution in [3.63, 3.8) is 0 Å². The molecule has 0 radical (unpaired) electrons. The van der Waals surface area contributed by atoms with Gasteiger partial charge in [-0.3, -0.25) is 10.1 Å². The number of anilines is 2. The van der Waals surface area contributed by atoms with Crippen LogP contribution in [-0.2, 0) is 6.42 Å². The normalized spacial score (nSPS) is 19.5. The summed E-state index contributed by atoms with van der Waals surface area (Å²) in [7, 11) is 0. The zero-order valence-corrected chi connectivity index (χ0v) is 14.7. The Morgan fingerprint density at radius 3 is 2.77 bits per heavy atom. The van der Waals surface area contributed by atoms with Crippen LogP contribution in [0.2, 0.25) is 0 Å². The zero-order chi connectivity index (χ0) is 17.9. The molecular weight excluding hydrogens is 330 g/mol. The van der Waals surface area contributed by atoms with E-state index in [-0.39, 0.29) is 5.69 Å². The van der Waals surface area contributed by atoms with Gasteiger partial charge >= 0.3 is 5.69 Å². The molecule has 1 N–H and O–H groups in total. The first kappa shape index (κ1) is 16.8. The van der Waals surface area contributed by atoms with Crippen LogP contribution in [0.3, 0.4) is 0 Å². The summed E-state index contributed by atoms with van der Waals surface area (Å²) in [5.74, 6) is 0.963. The van der Waals surface area contributed by atoms with E-state index >= 15 is 0 Å². The van der Waals surface area contributed by atoms with E-state index in [2.05, 4.69) is 44.5 Å². The van der Waals surface area contributed by atoms with E-state index in [1.54, 1.807) is 0 Å². The first-order valence-electron chi connectivity index (χ1n) is 9.29. The first-order chi connectivity index (χ1) is 12.7. The minimum Gasteiger partial charge on any atom is -0.361 e. The number of nitrogens with zero attached hydrogens (tertiary/aromatic N) is 4. The smallest absolute Gasteiger partial charge is 0.329 e. The summed E-state index contributed by atoms with van der Waals surface area (Å²) >= 11 is 0. The summed E-state index contributed by atoms with van der Waals surface area (Å²) in [4.78, 5) is 21.9. The number of hydrogen-bond donors (Lipinski definition) is 1. The van der Waals surface area contributed by atoms with Gasteiger partial charge in [-0.1, -0.05) is 30.3 Å². The van der Waals surface area contributed by atoms with Crippen molar-refractivity contribution >= 4 is 17.5 Å². The average molecular weight is 353 g/mol. The molecule has 2 heterocycles. The standard InChI is InChI=1S/C19H23N5O2/c25-24(26)17-13-20-19(22-18(17)21-15-9-10-15)23-12-4-7-16(23)11-8-14-5-2-1-3-6-14/h1-3,5-6,13,15-16H,4,7-12H2,(H,20,21,22)/t16-/m1/s1. The first-order valence-corrected chi connectivity index (χ1v) is 9.29. The Morgan fingerprint density at radius 1 is 1.23 bits per heavy atom. The Kier molecular flexibility index (Phi) is 4.69. The van der Waals surface area contributed by atoms with Gasteiger partial charge in [-0.15, -0.1) is 0 Å². The molecule has 1 saturated carbocycles. The van der Waals surface area contributed by atoms with Crippen LogP contribution in [0.5, 0.6) is 0 Å². The average Bonchev–Trinajstić information content (AvgIpc) is 3.34. The Hall–Kier alpha value is -2.70. The number of rotatable bonds is 7. The molecule has 0 amide bonds. The topological polar surface area (TPSA) is 84.2 Å². The quantitative estimate of drug-likeness (QED) is 0.605. The number of aryl methyl sites for hydroxylation is 1. The third-order valence-electron chi connectivity index (χ3n) is 5.11. The maximum Gasteiger partial charge on any atom is 0.329 e. The minimum absolute atomic E-state index is 0.0410. The Labute approximate surface area is 152 Å². The molecule has 0 bridgehead atoms. The molecule has 1 aromatic carbocycles. The van der Waals surface area contributed by atoms with Gasteiger partial charge < -0.3 is 10.2 Å². The molecule has 1 aliphatic heterocycles. The summed E-state index contributed by atoms with van der Waals surface area (Å²) < 4.78 is 0. The molecule has 1 atom stereocenters. The Morgan fingerprint density at radius 2 is 2.04 bits per heavy atom. The van der Waals surface area contributed by atoms with E-state index in [1.165, 1.54) is 11.8 Å². The number of nitro groups is 1. The van der Waals surface area contributed by atoms with E-state index in [9.17, 15) is 10.1 Å². The van der Waals surface area contributed by atoms with Crippen molar-refractivity contribution in [2.75, 3.05) is 16.8 Å². The van der Waals surface area contributed by atoms with Crippen LogP contribution in [0, 0.1) is 10.1 Å². The molecule has 2 aromatic rings. The fourth-order valence-corrected chi connectivity index (χ4v) is 3.54. The monoisotopic (exact) mass is 353 g/mol. The number of aromatic nitrogens is 2. The van der Waals surface area contributed by atoms with Gasteiger partial charge in [0.15, 0.2) is 0 Å². The van der Waals surface area contributed by atoms with Gasteiger partial charge in [0, 0.05) is 18.6 Å². The van der Waals surface area contributed by atoms with Crippen LogP contribution >= 0.6 is 0 Å². The van der Waals surface area contributed by atoms with Crippen molar-refractivity contribution < 1.29 is 4.92 Å². The molecule has 2 fully saturated rings. The van der Waals surface area contributed by atoms with Crippen LogP contribution in [0.4, 0.5) is 17.5 Å². The molecule has 26 heavy (non-hydrogen) atoms. The molecule has 136 valence electrons. The lowest BCUT2D eigenvalue weighted by Crippen LogP contribution is -2.31. The predicted octanol–water partition coefficient (Wildman–Crippen LogP) is 3.56. The lowest BCUT2D eigenvalue weighted by Gasteiger charge is -2.25. The fourth-order valence-electron chi connectivity index (χ4n) is 3.54. The van der Waals surface area contributed by atoms with Gasteiger partial charge in [-0.05, 0) is 44.1 Å². The largest absolute Gasteiger partial charge is 0.361 e. The highest BCUT2D eigenvalue weighted by Gasteiger charge is 2.30. The van der Waals surface area contributed by atoms with Crippen LogP contribution in [0.15, 0.2) is 36.5 Å². The van der Waals surface area contributed by atoms with Gasteiger partial charge in [0.05, 0.1) is 4.92 Å². The second kappa shape index (κ2) is 7.27. The van der Waals surface area contributed by atoms with Gasteiger partial charge in [-0.2, -0.15) is 4.98 Å². The summed E-state index contributed by atoms with van der Waals surface area (Å²) in [6, 6.07) is 11.2. The molecule has 1 aliphatic carbocycles. The van der Waals surface area contributed by atoms with Crippen molar-refractivity contribution in [3.05, 3.63) is 52.2 Å². The zero-order valence-electron chi connectivity index (χ0n) is 14.7. The van der Waals surface area contributed by atoms with E-state index in [0.717, 1.165) is 45.1 Å². The summed E-state index contributed by atoms with van der Waals surface area (Å²) in [5.41, 5.74) is 1.29. The second-order valence-electron chi connectivity index (χ2n) is 7.09. The van der Waals surface area contributed by atoms with Crippen LogP contribution in [-0.4, -0.2) is 33.5 Å². The van der Waals surface area contributed by atoms with Crippen molar-refractivity contribution in [1.82, 2.24) is 9.97 Å². The maximum absolute atomic E-state index is 11.3. The molecule has 7 heteroatoms. The van der Waals surface area contributed by atoms with Crippen LogP contribution in [0.25, 0.3) is 0 Å². The van der Waals surface area contributed by atoms with Crippen LogP contribution < -0.4 is 10.2 Å². The molecule has 2 aliphatic rings. The number of nitrogens with one attached hydrogen (secondary N) is 1. The Bertz CT molecular complexity index is 779. The highest BCUT2D eigenvalue weighted by atomic mass is 16.6. The third kappa shape index (κ3) is 3.76. The molecule has 0 unspecified atom stereocenters. The minimum atomic E-state index is -0.411. The molecule has 4 rings (SSSR count). The van der Waals surface area contributed by atoms with E-state index in [0.29, 0.717) is 23.8 Å². The Balaban J connectivity index is 1.50. The number of benzene rings is 1. The van der Waals surface area contributed by atoms with Gasteiger partial charge in [0.1, 0.15) is 6.20 Å². The van der Waals surface area contributed by atoms with Gasteiger partial charge in [0.2, 0.25) is 11.8 Å². The van der Waals surface area contributed by atoms with Gasteiger partial charge in [-0.25, -0.2) is 4.98 Å². The van der Waals surface area contributed by atoms with Crippen molar-refractivity contribution in [2.24, 2.45) is 0 Å². The van der Waals surface area contributed by atoms with Crippen molar-refractivity contribution in [2.45, 2.75) is 50.6 Å². The molecule has 1 aromatic heterocycles. The molecular formula is C19H23N5O2. The number of hydrogen-bond acceptors (Lipinski definition) is 6. The maximum atomic E-state index is 11.3. The van der Waals surface area contributed by atoms with Crippen molar-refractivity contribution in [1.29, 1.82) is 0 Å². The summed E-state index contributed by atoms with van der Waals surface area (Å²) in [6.45, 7) is 0.903. The highest BCUT2D eigenvalue weighted by Crippen LogP contribution is 2.32. The predicted molar refractivity (Wildman–Crippen MR) is 100 cm³/mol. The van der Waals surface area contributed by atoms with E-state index in [1.807, 2.05) is 6.07 Å². The molecule has 0 spiro atoms. The third-order valence-corrected chi connectivity index (χ3v) is 5.11. The van der Waals surface area contributed by atoms with Gasteiger partial charge in [0.25, 0.3) is 0 Å². The van der Waals surface area contributed by atoms with E-state index < -0.39 is 4.92 Å². The molecule has 1 saturated heterocycles. The SMILES string of the molecule is O=[N+]([O-])c1cnc(N2CCC[C@@H]2CCc2ccccc2)nc1NC1CC1. The summed E-state index contributed by atoms with van der Waals surface area (Å²) in [6.07, 6.45) is 7.70. The highest BCUT2D eigenvalue weighted by molar-refractivity contribution is 5.58. The molecule has 7 nitrogen and oxygen atoms in total. The fraction of sp³-hybridized carbons (Fsp3) is 0.474. The second-order valence-corrected chi connectivity index (χ2v) is 7.09. The van der Waals surface area contributed by atoms with Crippen molar-refractivity contribution in [3.8, 4) is 0 Å². The van der Waals surface area contributed by atoms with E-state index in [4.69, 9.17) is 0 Å². The lowest BCUT2D eigenvalue weighted by atomic mass is 10.0. The van der Waals surface area contributed by atoms with Crippen LogP contribution in [0.1, 0.15) is 37.7 Å².